The number of rotatable bonds is 5. The van der Waals surface area contributed by atoms with Crippen molar-refractivity contribution in [2.45, 2.75) is 77.4 Å². The van der Waals surface area contributed by atoms with E-state index in [0.717, 1.165) is 12.0 Å². The number of cyclic esters (lactones) is 1. The minimum atomic E-state index is -1.07. The van der Waals surface area contributed by atoms with Gasteiger partial charge in [0, 0.05) is 17.9 Å². The highest BCUT2D eigenvalue weighted by Gasteiger charge is 2.58. The molecule has 0 aromatic heterocycles. The SMILES string of the molecule is C[C@@H](C(=O)C1C(=O)O[C@@H](c2ccccc2)[C@H]1C)[C@@H](O)[C@@H]1C[C@@H]2C[C@@H]2N1C(=O)OC(C)(C)C. The van der Waals surface area contributed by atoms with Crippen LogP contribution in [0.25, 0.3) is 0 Å². The van der Waals surface area contributed by atoms with Crippen LogP contribution in [-0.4, -0.2) is 51.6 Å². The Balaban J connectivity index is 1.47. The van der Waals surface area contributed by atoms with Crippen LogP contribution in [0.2, 0.25) is 0 Å². The third-order valence-electron chi connectivity index (χ3n) is 7.04. The van der Waals surface area contributed by atoms with E-state index in [0.29, 0.717) is 12.3 Å². The quantitative estimate of drug-likeness (QED) is 0.553. The van der Waals surface area contributed by atoms with Gasteiger partial charge in [0.15, 0.2) is 5.78 Å². The molecule has 7 nitrogen and oxygen atoms in total. The Kier molecular flexibility index (Phi) is 5.82. The molecule has 7 heteroatoms. The highest BCUT2D eigenvalue weighted by Crippen LogP contribution is 2.50. The number of piperidine rings is 1. The van der Waals surface area contributed by atoms with Gasteiger partial charge in [0.25, 0.3) is 0 Å². The standard InChI is InChI=1S/C25H33NO6/c1-13-19(23(29)31-22(13)15-9-7-6-8-10-15)21(28)14(2)20(27)18-12-16-11-17(16)26(18)24(30)32-25(3,4)5/h6-10,13-14,16-20,22,27H,11-12H2,1-5H3/t13-,14+,16-,17-,18-,19?,20+,22+/m0/s1. The van der Waals surface area contributed by atoms with Gasteiger partial charge in [0.2, 0.25) is 0 Å². The molecule has 1 unspecified atom stereocenters. The number of carbonyl (C=O) groups excluding carboxylic acids is 3. The molecule has 2 saturated heterocycles. The van der Waals surface area contributed by atoms with E-state index in [9.17, 15) is 19.5 Å². The number of esters is 1. The maximum Gasteiger partial charge on any atom is 0.410 e. The molecule has 3 aliphatic rings. The average Bonchev–Trinajstić information content (AvgIpc) is 3.28. The summed E-state index contributed by atoms with van der Waals surface area (Å²) in [5.41, 5.74) is 0.208. The molecule has 2 aliphatic heterocycles. The molecule has 8 atom stereocenters. The molecule has 0 bridgehead atoms. The van der Waals surface area contributed by atoms with Gasteiger partial charge >= 0.3 is 12.1 Å². The van der Waals surface area contributed by atoms with E-state index in [1.54, 1.807) is 32.6 Å². The van der Waals surface area contributed by atoms with Gasteiger partial charge < -0.3 is 14.6 Å². The van der Waals surface area contributed by atoms with E-state index in [2.05, 4.69) is 0 Å². The number of likely N-dealkylation sites (tertiary alicyclic amines) is 1. The summed E-state index contributed by atoms with van der Waals surface area (Å²) < 4.78 is 11.1. The van der Waals surface area contributed by atoms with Crippen molar-refractivity contribution in [2.75, 3.05) is 0 Å². The Bertz CT molecular complexity index is 893. The number of hydrogen-bond donors (Lipinski definition) is 1. The Labute approximate surface area is 189 Å². The molecule has 1 N–H and O–H groups in total. The predicted octanol–water partition coefficient (Wildman–Crippen LogP) is 3.50. The molecule has 4 rings (SSSR count). The molecule has 0 spiro atoms. The fourth-order valence-corrected chi connectivity index (χ4v) is 5.25. The van der Waals surface area contributed by atoms with Crippen molar-refractivity contribution in [1.29, 1.82) is 0 Å². The molecule has 32 heavy (non-hydrogen) atoms. The lowest BCUT2D eigenvalue weighted by Gasteiger charge is -2.35. The second-order valence-corrected chi connectivity index (χ2v) is 10.5. The Morgan fingerprint density at radius 1 is 1.19 bits per heavy atom. The summed E-state index contributed by atoms with van der Waals surface area (Å²) in [5, 5.41) is 11.1. The molecule has 174 valence electrons. The number of aliphatic hydroxyl groups excluding tert-OH is 1. The average molecular weight is 444 g/mol. The second-order valence-electron chi connectivity index (χ2n) is 10.5. The number of hydrogen-bond acceptors (Lipinski definition) is 6. The number of ether oxygens (including phenoxy) is 2. The summed E-state index contributed by atoms with van der Waals surface area (Å²) in [7, 11) is 0. The van der Waals surface area contributed by atoms with Gasteiger partial charge in [0.05, 0.1) is 12.1 Å². The number of fused-ring (bicyclic) bond motifs is 1. The molecule has 0 radical (unpaired) electrons. The molecular weight excluding hydrogens is 410 g/mol. The van der Waals surface area contributed by atoms with Crippen molar-refractivity contribution in [2.24, 2.45) is 23.7 Å². The topological polar surface area (TPSA) is 93.1 Å². The Morgan fingerprint density at radius 3 is 2.47 bits per heavy atom. The molecule has 3 fully saturated rings. The number of Topliss-reactive ketones (excluding diaryl/α,β-unsaturated/α-hetero) is 1. The first kappa shape index (κ1) is 22.8. The number of benzene rings is 1. The third-order valence-corrected chi connectivity index (χ3v) is 7.04. The van der Waals surface area contributed by atoms with Gasteiger partial charge in [0.1, 0.15) is 17.6 Å². The van der Waals surface area contributed by atoms with Crippen LogP contribution >= 0.6 is 0 Å². The Morgan fingerprint density at radius 2 is 1.84 bits per heavy atom. The zero-order valence-corrected chi connectivity index (χ0v) is 19.4. The molecule has 1 saturated carbocycles. The Hall–Kier alpha value is -2.41. The van der Waals surface area contributed by atoms with Crippen LogP contribution in [-0.2, 0) is 19.1 Å². The van der Waals surface area contributed by atoms with Crippen LogP contribution in [0.4, 0.5) is 4.79 Å². The number of nitrogens with zero attached hydrogens (tertiary/aromatic N) is 1. The molecule has 1 aliphatic carbocycles. The largest absolute Gasteiger partial charge is 0.457 e. The number of ketones is 1. The van der Waals surface area contributed by atoms with Crippen molar-refractivity contribution in [3.05, 3.63) is 35.9 Å². The molecular formula is C25H33NO6. The fourth-order valence-electron chi connectivity index (χ4n) is 5.25. The van der Waals surface area contributed by atoms with Gasteiger partial charge in [-0.1, -0.05) is 44.2 Å². The molecule has 1 aromatic rings. The van der Waals surface area contributed by atoms with Crippen LogP contribution < -0.4 is 0 Å². The smallest absolute Gasteiger partial charge is 0.410 e. The van der Waals surface area contributed by atoms with Crippen LogP contribution in [0.3, 0.4) is 0 Å². The van der Waals surface area contributed by atoms with E-state index in [1.807, 2.05) is 37.3 Å². The van der Waals surface area contributed by atoms with Crippen LogP contribution in [0.1, 0.15) is 59.1 Å². The highest BCUT2D eigenvalue weighted by atomic mass is 16.6. The lowest BCUT2D eigenvalue weighted by molar-refractivity contribution is -0.149. The van der Waals surface area contributed by atoms with Crippen LogP contribution in [0, 0.1) is 23.7 Å². The van der Waals surface area contributed by atoms with Crippen LogP contribution in [0.5, 0.6) is 0 Å². The number of aliphatic hydroxyl groups is 1. The van der Waals surface area contributed by atoms with Gasteiger partial charge in [-0.2, -0.15) is 0 Å². The van der Waals surface area contributed by atoms with Crippen molar-refractivity contribution in [3.8, 4) is 0 Å². The van der Waals surface area contributed by atoms with E-state index in [-0.39, 0.29) is 17.7 Å². The zero-order valence-electron chi connectivity index (χ0n) is 19.4. The lowest BCUT2D eigenvalue weighted by atomic mass is 9.79. The first-order valence-electron chi connectivity index (χ1n) is 11.5. The maximum absolute atomic E-state index is 13.3. The second kappa shape index (κ2) is 8.18. The summed E-state index contributed by atoms with van der Waals surface area (Å²) in [6, 6.07) is 8.94. The van der Waals surface area contributed by atoms with Gasteiger partial charge in [-0.3, -0.25) is 14.5 Å². The van der Waals surface area contributed by atoms with Crippen molar-refractivity contribution in [1.82, 2.24) is 4.90 Å². The number of amides is 1. The predicted molar refractivity (Wildman–Crippen MR) is 116 cm³/mol. The number of carbonyl (C=O) groups is 3. The summed E-state index contributed by atoms with van der Waals surface area (Å²) in [6.45, 7) is 8.89. The van der Waals surface area contributed by atoms with Gasteiger partial charge in [-0.15, -0.1) is 0 Å². The van der Waals surface area contributed by atoms with Crippen molar-refractivity contribution < 1.29 is 29.0 Å². The molecule has 1 aromatic carbocycles. The maximum atomic E-state index is 13.3. The molecule has 2 heterocycles. The van der Waals surface area contributed by atoms with Gasteiger partial charge in [-0.05, 0) is 45.1 Å². The minimum Gasteiger partial charge on any atom is -0.457 e. The van der Waals surface area contributed by atoms with E-state index in [4.69, 9.17) is 9.47 Å². The highest BCUT2D eigenvalue weighted by molar-refractivity contribution is 6.02. The third kappa shape index (κ3) is 4.15. The monoisotopic (exact) mass is 443 g/mol. The van der Waals surface area contributed by atoms with E-state index < -0.39 is 47.7 Å². The van der Waals surface area contributed by atoms with E-state index >= 15 is 0 Å². The first-order valence-corrected chi connectivity index (χ1v) is 11.5. The summed E-state index contributed by atoms with van der Waals surface area (Å²) >= 11 is 0. The minimum absolute atomic E-state index is 0.0598. The lowest BCUT2D eigenvalue weighted by Crippen LogP contribution is -2.51. The zero-order chi connectivity index (χ0) is 23.4. The van der Waals surface area contributed by atoms with E-state index in [1.165, 1.54) is 0 Å². The normalized spacial score (nSPS) is 33.3. The van der Waals surface area contributed by atoms with Crippen molar-refractivity contribution in [3.63, 3.8) is 0 Å². The van der Waals surface area contributed by atoms with Crippen LogP contribution in [0.15, 0.2) is 30.3 Å². The molecule has 1 amide bonds. The summed E-state index contributed by atoms with van der Waals surface area (Å²) in [6.07, 6.45) is -0.475. The summed E-state index contributed by atoms with van der Waals surface area (Å²) in [5.74, 6) is -2.63. The van der Waals surface area contributed by atoms with Crippen molar-refractivity contribution >= 4 is 17.8 Å². The van der Waals surface area contributed by atoms with Gasteiger partial charge in [-0.25, -0.2) is 4.79 Å². The summed E-state index contributed by atoms with van der Waals surface area (Å²) in [4.78, 5) is 40.4. The first-order chi connectivity index (χ1) is 15.0. The fraction of sp³-hybridized carbons (Fsp3) is 0.640.